The molecule has 0 radical (unpaired) electrons. The Balaban J connectivity index is 1.51. The molecule has 1 saturated heterocycles. The summed E-state index contributed by atoms with van der Waals surface area (Å²) < 4.78 is 0. The maximum atomic E-state index is 11.5. The average molecular weight is 327 g/mol. The number of benzene rings is 1. The number of amides is 1. The molecule has 128 valence electrons. The van der Waals surface area contributed by atoms with Crippen molar-refractivity contribution in [3.05, 3.63) is 42.0 Å². The molecule has 3 N–H and O–H groups in total. The molecule has 1 aromatic carbocycles. The zero-order chi connectivity index (χ0) is 16.8. The van der Waals surface area contributed by atoms with Gasteiger partial charge in [0.2, 0.25) is 5.91 Å². The summed E-state index contributed by atoms with van der Waals surface area (Å²) in [4.78, 5) is 17.9. The summed E-state index contributed by atoms with van der Waals surface area (Å²) >= 11 is 0. The number of nitrogens with zero attached hydrogens (tertiary/aromatic N) is 2. The summed E-state index contributed by atoms with van der Waals surface area (Å²) in [5.41, 5.74) is 2.28. The van der Waals surface area contributed by atoms with E-state index in [1.807, 2.05) is 0 Å². The molecular weight excluding hydrogens is 302 g/mol. The zero-order valence-electron chi connectivity index (χ0n) is 14.1. The van der Waals surface area contributed by atoms with Crippen molar-refractivity contribution in [2.24, 2.45) is 4.99 Å². The first-order chi connectivity index (χ1) is 11.7. The summed E-state index contributed by atoms with van der Waals surface area (Å²) in [5, 5.41) is 9.63. The predicted molar refractivity (Wildman–Crippen MR) is 97.2 cm³/mol. The van der Waals surface area contributed by atoms with Crippen LogP contribution in [0.4, 0.5) is 5.69 Å². The van der Waals surface area contributed by atoms with Crippen molar-refractivity contribution >= 4 is 17.6 Å². The van der Waals surface area contributed by atoms with E-state index in [0.717, 1.165) is 37.6 Å². The fourth-order valence-corrected chi connectivity index (χ4v) is 2.99. The lowest BCUT2D eigenvalue weighted by atomic mass is 10.2. The number of carbonyl (C=O) groups excluding carboxylic acids is 1. The second-order valence-electron chi connectivity index (χ2n) is 6.15. The number of rotatable bonds is 4. The van der Waals surface area contributed by atoms with Crippen LogP contribution in [0.3, 0.4) is 0 Å². The topological polar surface area (TPSA) is 68.8 Å². The van der Waals surface area contributed by atoms with Crippen molar-refractivity contribution in [1.29, 1.82) is 0 Å². The number of hydrogen-bond donors (Lipinski definition) is 3. The third-order valence-electron chi connectivity index (χ3n) is 4.37. The summed E-state index contributed by atoms with van der Waals surface area (Å²) in [6.45, 7) is 2.72. The zero-order valence-corrected chi connectivity index (χ0v) is 14.1. The van der Waals surface area contributed by atoms with Crippen molar-refractivity contribution in [1.82, 2.24) is 16.0 Å². The quantitative estimate of drug-likeness (QED) is 0.438. The first-order valence-electron chi connectivity index (χ1n) is 8.47. The lowest BCUT2D eigenvalue weighted by Crippen LogP contribution is -2.47. The van der Waals surface area contributed by atoms with E-state index in [9.17, 15) is 4.79 Å². The van der Waals surface area contributed by atoms with E-state index in [1.54, 1.807) is 7.05 Å². The summed E-state index contributed by atoms with van der Waals surface area (Å²) in [7, 11) is 1.79. The number of guanidine groups is 1. The molecule has 0 bridgehead atoms. The molecule has 6 nitrogen and oxygen atoms in total. The smallest absolute Gasteiger partial charge is 0.239 e. The molecule has 1 aromatic rings. The molecular formula is C18H25N5O. The number of aliphatic imine (C=N–C) groups is 1. The van der Waals surface area contributed by atoms with Crippen molar-refractivity contribution in [2.45, 2.75) is 25.4 Å². The Labute approximate surface area is 143 Å². The van der Waals surface area contributed by atoms with Gasteiger partial charge in [-0.25, -0.2) is 0 Å². The minimum atomic E-state index is 0.0864. The van der Waals surface area contributed by atoms with Gasteiger partial charge in [-0.1, -0.05) is 24.3 Å². The number of piperazine rings is 1. The minimum Gasteiger partial charge on any atom is -0.360 e. The van der Waals surface area contributed by atoms with Crippen LogP contribution in [0.5, 0.6) is 0 Å². The van der Waals surface area contributed by atoms with Gasteiger partial charge in [-0.2, -0.15) is 0 Å². The lowest BCUT2D eigenvalue weighted by Gasteiger charge is -2.28. The molecule has 0 saturated carbocycles. The van der Waals surface area contributed by atoms with Crippen LogP contribution in [0.25, 0.3) is 0 Å². The van der Waals surface area contributed by atoms with Crippen LogP contribution in [0.2, 0.25) is 0 Å². The van der Waals surface area contributed by atoms with Crippen LogP contribution in [-0.2, 0) is 11.3 Å². The minimum absolute atomic E-state index is 0.0864. The van der Waals surface area contributed by atoms with Crippen LogP contribution in [0.1, 0.15) is 18.4 Å². The van der Waals surface area contributed by atoms with Gasteiger partial charge in [0.15, 0.2) is 5.96 Å². The highest BCUT2D eigenvalue weighted by atomic mass is 16.2. The van der Waals surface area contributed by atoms with Gasteiger partial charge in [-0.3, -0.25) is 9.79 Å². The Morgan fingerprint density at radius 1 is 1.29 bits per heavy atom. The third kappa shape index (κ3) is 4.28. The molecule has 0 atom stereocenters. The van der Waals surface area contributed by atoms with E-state index in [1.165, 1.54) is 5.56 Å². The van der Waals surface area contributed by atoms with E-state index in [4.69, 9.17) is 0 Å². The molecule has 3 rings (SSSR count). The van der Waals surface area contributed by atoms with Gasteiger partial charge in [0.1, 0.15) is 0 Å². The Hall–Kier alpha value is -2.50. The third-order valence-corrected chi connectivity index (χ3v) is 4.37. The second-order valence-corrected chi connectivity index (χ2v) is 6.15. The van der Waals surface area contributed by atoms with E-state index in [2.05, 4.69) is 62.3 Å². The standard InChI is InChI=1S/C18H25N5O/c1-19-18(22-15-4-2-3-5-15)21-12-14-6-8-16(9-7-14)23-11-10-20-17(24)13-23/h2-3,6-9,15H,4-5,10-13H2,1H3,(H,20,24)(H2,19,21,22). The molecule has 1 amide bonds. The summed E-state index contributed by atoms with van der Waals surface area (Å²) in [6.07, 6.45) is 6.51. The fourth-order valence-electron chi connectivity index (χ4n) is 2.99. The number of anilines is 1. The van der Waals surface area contributed by atoms with Crippen LogP contribution in [0.15, 0.2) is 41.4 Å². The first-order valence-corrected chi connectivity index (χ1v) is 8.47. The highest BCUT2D eigenvalue weighted by Gasteiger charge is 2.16. The van der Waals surface area contributed by atoms with Crippen LogP contribution in [0, 0.1) is 0 Å². The maximum Gasteiger partial charge on any atom is 0.239 e. The highest BCUT2D eigenvalue weighted by Crippen LogP contribution is 2.16. The monoisotopic (exact) mass is 327 g/mol. The van der Waals surface area contributed by atoms with E-state index >= 15 is 0 Å². The Kier molecular flexibility index (Phi) is 5.36. The molecule has 1 aliphatic heterocycles. The van der Waals surface area contributed by atoms with E-state index < -0.39 is 0 Å². The Bertz CT molecular complexity index is 615. The maximum absolute atomic E-state index is 11.5. The van der Waals surface area contributed by atoms with Gasteiger partial charge in [0, 0.05) is 38.4 Å². The Morgan fingerprint density at radius 2 is 2.04 bits per heavy atom. The molecule has 1 aliphatic carbocycles. The first kappa shape index (κ1) is 16.4. The molecule has 2 aliphatic rings. The van der Waals surface area contributed by atoms with Gasteiger partial charge in [0.05, 0.1) is 6.54 Å². The van der Waals surface area contributed by atoms with Crippen molar-refractivity contribution < 1.29 is 4.79 Å². The van der Waals surface area contributed by atoms with Crippen LogP contribution in [-0.4, -0.2) is 44.6 Å². The fraction of sp³-hybridized carbons (Fsp3) is 0.444. The molecule has 24 heavy (non-hydrogen) atoms. The van der Waals surface area contributed by atoms with Crippen molar-refractivity contribution in [3.63, 3.8) is 0 Å². The molecule has 1 fully saturated rings. The summed E-state index contributed by atoms with van der Waals surface area (Å²) in [6, 6.07) is 8.79. The van der Waals surface area contributed by atoms with Gasteiger partial charge >= 0.3 is 0 Å². The molecule has 0 spiro atoms. The number of carbonyl (C=O) groups is 1. The lowest BCUT2D eigenvalue weighted by molar-refractivity contribution is -0.120. The van der Waals surface area contributed by atoms with Gasteiger partial charge in [-0.15, -0.1) is 0 Å². The summed E-state index contributed by atoms with van der Waals surface area (Å²) in [5.74, 6) is 0.920. The SMILES string of the molecule is CN=C(NCc1ccc(N2CCNC(=O)C2)cc1)NC1CC=CC1. The van der Waals surface area contributed by atoms with Crippen molar-refractivity contribution in [2.75, 3.05) is 31.6 Å². The second kappa shape index (κ2) is 7.86. The predicted octanol–water partition coefficient (Wildman–Crippen LogP) is 1.01. The van der Waals surface area contributed by atoms with E-state index in [-0.39, 0.29) is 5.91 Å². The van der Waals surface area contributed by atoms with E-state index in [0.29, 0.717) is 19.1 Å². The molecule has 0 aromatic heterocycles. The van der Waals surface area contributed by atoms with Gasteiger partial charge < -0.3 is 20.9 Å². The van der Waals surface area contributed by atoms with Crippen LogP contribution >= 0.6 is 0 Å². The Morgan fingerprint density at radius 3 is 2.71 bits per heavy atom. The molecule has 6 heteroatoms. The number of hydrogen-bond acceptors (Lipinski definition) is 3. The van der Waals surface area contributed by atoms with Crippen molar-refractivity contribution in [3.8, 4) is 0 Å². The largest absolute Gasteiger partial charge is 0.360 e. The van der Waals surface area contributed by atoms with Gasteiger partial charge in [0.25, 0.3) is 0 Å². The number of nitrogens with one attached hydrogen (secondary N) is 3. The normalized spacial score (nSPS) is 18.6. The van der Waals surface area contributed by atoms with Gasteiger partial charge in [-0.05, 0) is 30.5 Å². The van der Waals surface area contributed by atoms with Crippen LogP contribution < -0.4 is 20.9 Å². The molecule has 1 heterocycles. The molecule has 0 unspecified atom stereocenters. The average Bonchev–Trinajstić information content (AvgIpc) is 3.12. The highest BCUT2D eigenvalue weighted by molar-refractivity contribution is 5.82.